The van der Waals surface area contributed by atoms with E-state index in [4.69, 9.17) is 0 Å². The number of amides is 2. The van der Waals surface area contributed by atoms with Crippen LogP contribution in [0.4, 0.5) is 10.1 Å². The maximum atomic E-state index is 13.6. The highest BCUT2D eigenvalue weighted by atomic mass is 19.1. The van der Waals surface area contributed by atoms with Crippen molar-refractivity contribution in [3.63, 3.8) is 0 Å². The lowest BCUT2D eigenvalue weighted by molar-refractivity contribution is -0.138. The van der Waals surface area contributed by atoms with Crippen molar-refractivity contribution in [1.29, 1.82) is 0 Å². The number of esters is 1. The number of carbonyl (C=O) groups excluding carboxylic acids is 3. The molecule has 0 aliphatic heterocycles. The summed E-state index contributed by atoms with van der Waals surface area (Å²) in [6.45, 7) is 3.18. The van der Waals surface area contributed by atoms with Gasteiger partial charge in [0.15, 0.2) is 0 Å². The minimum atomic E-state index is -1.36. The van der Waals surface area contributed by atoms with Gasteiger partial charge in [-0.25, -0.2) is 9.18 Å². The molecule has 2 amide bonds. The summed E-state index contributed by atoms with van der Waals surface area (Å²) in [5.74, 6) is -1.87. The van der Waals surface area contributed by atoms with E-state index in [0.717, 1.165) is 0 Å². The van der Waals surface area contributed by atoms with Gasteiger partial charge < -0.3 is 15.4 Å². The fraction of sp³-hybridized carbons (Fsp3) is 0.286. The van der Waals surface area contributed by atoms with Gasteiger partial charge in [0.1, 0.15) is 11.2 Å². The average Bonchev–Trinajstić information content (AvgIpc) is 2.68. The molecule has 2 N–H and O–H groups in total. The standard InChI is InChI=1S/C21H23FN2O4/c1-21(2,19(26)23-12-11-14-7-4-5-10-17(14)22)20(27)24-16-9-6-8-15(13-16)18(25)28-3/h4-10,13H,11-12H2,1-3H3,(H,23,26)(H,24,27). The molecular weight excluding hydrogens is 363 g/mol. The van der Waals surface area contributed by atoms with Crippen LogP contribution in [0.15, 0.2) is 48.5 Å². The number of methoxy groups -OCH3 is 1. The molecule has 2 rings (SSSR count). The molecule has 148 valence electrons. The zero-order valence-corrected chi connectivity index (χ0v) is 16.0. The van der Waals surface area contributed by atoms with Crippen LogP contribution in [0, 0.1) is 11.2 Å². The zero-order valence-electron chi connectivity index (χ0n) is 16.0. The van der Waals surface area contributed by atoms with Crippen molar-refractivity contribution in [2.75, 3.05) is 19.0 Å². The summed E-state index contributed by atoms with van der Waals surface area (Å²) in [4.78, 5) is 36.6. The van der Waals surface area contributed by atoms with Crippen LogP contribution < -0.4 is 10.6 Å². The van der Waals surface area contributed by atoms with E-state index in [2.05, 4.69) is 15.4 Å². The molecule has 0 spiro atoms. The number of halogens is 1. The Balaban J connectivity index is 1.96. The van der Waals surface area contributed by atoms with Gasteiger partial charge in [0.05, 0.1) is 12.7 Å². The highest BCUT2D eigenvalue weighted by Crippen LogP contribution is 2.20. The number of ether oxygens (including phenoxy) is 1. The summed E-state index contributed by atoms with van der Waals surface area (Å²) >= 11 is 0. The minimum Gasteiger partial charge on any atom is -0.465 e. The van der Waals surface area contributed by atoms with Crippen LogP contribution in [-0.2, 0) is 20.7 Å². The molecule has 0 aromatic heterocycles. The lowest BCUT2D eigenvalue weighted by Crippen LogP contribution is -2.45. The topological polar surface area (TPSA) is 84.5 Å². The molecule has 0 saturated carbocycles. The number of hydrogen-bond acceptors (Lipinski definition) is 4. The number of benzene rings is 2. The molecule has 0 aliphatic rings. The normalized spacial score (nSPS) is 10.9. The van der Waals surface area contributed by atoms with E-state index in [1.54, 1.807) is 36.4 Å². The Bertz CT molecular complexity index is 880. The summed E-state index contributed by atoms with van der Waals surface area (Å²) < 4.78 is 18.3. The summed E-state index contributed by atoms with van der Waals surface area (Å²) in [5.41, 5.74) is -0.214. The third kappa shape index (κ3) is 5.16. The first kappa shape index (κ1) is 21.1. The molecule has 0 heterocycles. The molecule has 2 aromatic carbocycles. The van der Waals surface area contributed by atoms with Crippen LogP contribution in [0.5, 0.6) is 0 Å². The summed E-state index contributed by atoms with van der Waals surface area (Å²) in [6, 6.07) is 12.6. The third-order valence-corrected chi connectivity index (χ3v) is 4.31. The molecule has 0 aliphatic carbocycles. The lowest BCUT2D eigenvalue weighted by atomic mass is 9.90. The van der Waals surface area contributed by atoms with Crippen LogP contribution in [0.3, 0.4) is 0 Å². The Hall–Kier alpha value is -3.22. The minimum absolute atomic E-state index is 0.203. The van der Waals surface area contributed by atoms with E-state index in [0.29, 0.717) is 17.7 Å². The maximum absolute atomic E-state index is 13.6. The van der Waals surface area contributed by atoms with Crippen molar-refractivity contribution in [2.45, 2.75) is 20.3 Å². The Kier molecular flexibility index (Phi) is 6.87. The van der Waals surface area contributed by atoms with Crippen LogP contribution in [0.25, 0.3) is 0 Å². The van der Waals surface area contributed by atoms with E-state index in [9.17, 15) is 18.8 Å². The molecule has 0 radical (unpaired) electrons. The second-order valence-corrected chi connectivity index (χ2v) is 6.75. The monoisotopic (exact) mass is 386 g/mol. The summed E-state index contributed by atoms with van der Waals surface area (Å²) in [5, 5.41) is 5.30. The smallest absolute Gasteiger partial charge is 0.337 e. The molecule has 0 fully saturated rings. The summed E-state index contributed by atoms with van der Waals surface area (Å²) in [6.07, 6.45) is 0.317. The largest absolute Gasteiger partial charge is 0.465 e. The number of hydrogen-bond donors (Lipinski definition) is 2. The van der Waals surface area contributed by atoms with Crippen molar-refractivity contribution in [3.05, 3.63) is 65.5 Å². The quantitative estimate of drug-likeness (QED) is 0.566. The zero-order chi connectivity index (χ0) is 20.7. The van der Waals surface area contributed by atoms with Crippen molar-refractivity contribution in [3.8, 4) is 0 Å². The number of nitrogens with one attached hydrogen (secondary N) is 2. The van der Waals surface area contributed by atoms with Gasteiger partial charge in [0, 0.05) is 12.2 Å². The molecule has 0 saturated heterocycles. The Morgan fingerprint density at radius 1 is 1.04 bits per heavy atom. The Labute approximate surface area is 163 Å². The molecule has 0 atom stereocenters. The molecule has 28 heavy (non-hydrogen) atoms. The predicted molar refractivity (Wildman–Crippen MR) is 103 cm³/mol. The summed E-state index contributed by atoms with van der Waals surface area (Å²) in [7, 11) is 1.27. The van der Waals surface area contributed by atoms with Gasteiger partial charge in [0.25, 0.3) is 0 Å². The second-order valence-electron chi connectivity index (χ2n) is 6.75. The van der Waals surface area contributed by atoms with Gasteiger partial charge in [-0.1, -0.05) is 24.3 Å². The highest BCUT2D eigenvalue weighted by Gasteiger charge is 2.36. The van der Waals surface area contributed by atoms with Crippen molar-refractivity contribution in [2.24, 2.45) is 5.41 Å². The number of rotatable bonds is 7. The predicted octanol–water partition coefficient (Wildman–Crippen LogP) is 2.94. The van der Waals surface area contributed by atoms with Gasteiger partial charge in [-0.05, 0) is 50.1 Å². The maximum Gasteiger partial charge on any atom is 0.337 e. The fourth-order valence-electron chi connectivity index (χ4n) is 2.47. The fourth-order valence-corrected chi connectivity index (χ4v) is 2.47. The van der Waals surface area contributed by atoms with Crippen molar-refractivity contribution >= 4 is 23.5 Å². The second kappa shape index (κ2) is 9.12. The number of carbonyl (C=O) groups is 3. The van der Waals surface area contributed by atoms with Crippen LogP contribution >= 0.6 is 0 Å². The molecule has 6 nitrogen and oxygen atoms in total. The Morgan fingerprint density at radius 2 is 1.75 bits per heavy atom. The van der Waals surface area contributed by atoms with E-state index in [-0.39, 0.29) is 17.9 Å². The van der Waals surface area contributed by atoms with E-state index in [1.807, 2.05) is 0 Å². The van der Waals surface area contributed by atoms with Crippen LogP contribution in [0.1, 0.15) is 29.8 Å². The molecule has 0 bridgehead atoms. The molecule has 0 unspecified atom stereocenters. The van der Waals surface area contributed by atoms with Gasteiger partial charge in [-0.3, -0.25) is 9.59 Å². The van der Waals surface area contributed by atoms with Crippen molar-refractivity contribution < 1.29 is 23.5 Å². The van der Waals surface area contributed by atoms with Gasteiger partial charge in [0.2, 0.25) is 11.8 Å². The van der Waals surface area contributed by atoms with E-state index in [1.165, 1.54) is 33.1 Å². The molecular formula is C21H23FN2O4. The first-order chi connectivity index (χ1) is 13.3. The molecule has 7 heteroatoms. The molecule has 2 aromatic rings. The first-order valence-electron chi connectivity index (χ1n) is 8.77. The van der Waals surface area contributed by atoms with E-state index >= 15 is 0 Å². The van der Waals surface area contributed by atoms with Crippen LogP contribution in [-0.4, -0.2) is 31.4 Å². The Morgan fingerprint density at radius 3 is 2.43 bits per heavy atom. The van der Waals surface area contributed by atoms with Gasteiger partial charge >= 0.3 is 5.97 Å². The van der Waals surface area contributed by atoms with Crippen LogP contribution in [0.2, 0.25) is 0 Å². The lowest BCUT2D eigenvalue weighted by Gasteiger charge is -2.23. The first-order valence-corrected chi connectivity index (χ1v) is 8.77. The highest BCUT2D eigenvalue weighted by molar-refractivity contribution is 6.10. The van der Waals surface area contributed by atoms with Crippen molar-refractivity contribution in [1.82, 2.24) is 5.32 Å². The van der Waals surface area contributed by atoms with Gasteiger partial charge in [-0.2, -0.15) is 0 Å². The third-order valence-electron chi connectivity index (χ3n) is 4.31. The SMILES string of the molecule is COC(=O)c1cccc(NC(=O)C(C)(C)C(=O)NCCc2ccccc2F)c1. The van der Waals surface area contributed by atoms with Gasteiger partial charge in [-0.15, -0.1) is 0 Å². The number of anilines is 1. The van der Waals surface area contributed by atoms with E-state index < -0.39 is 23.2 Å². The average molecular weight is 386 g/mol.